The molecule has 6 nitrogen and oxygen atoms in total. The minimum atomic E-state index is -1.03. The van der Waals surface area contributed by atoms with Gasteiger partial charge in [-0.3, -0.25) is 19.9 Å². The van der Waals surface area contributed by atoms with Crippen molar-refractivity contribution in [2.75, 3.05) is 0 Å². The molecule has 0 saturated carbocycles. The molecule has 2 rings (SSSR count). The van der Waals surface area contributed by atoms with Gasteiger partial charge in [-0.05, 0) is 26.0 Å². The second-order valence-electron chi connectivity index (χ2n) is 4.68. The molecule has 0 spiro atoms. The first-order valence-corrected chi connectivity index (χ1v) is 6.58. The number of aromatic nitrogens is 1. The van der Waals surface area contributed by atoms with Crippen molar-refractivity contribution in [1.82, 2.24) is 4.98 Å². The van der Waals surface area contributed by atoms with Crippen molar-refractivity contribution in [3.8, 4) is 0 Å². The Labute approximate surface area is 119 Å². The number of carbonyl (C=O) groups is 1. The summed E-state index contributed by atoms with van der Waals surface area (Å²) in [5.74, 6) is -0.946. The molecule has 0 unspecified atom stereocenters. The fourth-order valence-corrected chi connectivity index (χ4v) is 2.76. The van der Waals surface area contributed by atoms with Crippen LogP contribution in [0.2, 0.25) is 0 Å². The average molecular weight is 292 g/mol. The molecule has 1 aromatic carbocycles. The maximum atomic E-state index is 11.2. The lowest BCUT2D eigenvalue weighted by atomic mass is 10.1. The number of non-ortho nitro benzene ring substituents is 1. The van der Waals surface area contributed by atoms with Crippen molar-refractivity contribution in [3.05, 3.63) is 40.7 Å². The number of aliphatic carboxylic acids is 1. The third-order valence-corrected chi connectivity index (χ3v) is 4.09. The van der Waals surface area contributed by atoms with Crippen molar-refractivity contribution >= 4 is 34.2 Å². The van der Waals surface area contributed by atoms with E-state index in [9.17, 15) is 20.0 Å². The summed E-state index contributed by atoms with van der Waals surface area (Å²) < 4.78 is -1.03. The zero-order valence-electron chi connectivity index (χ0n) is 10.9. The Morgan fingerprint density at radius 1 is 1.35 bits per heavy atom. The Balaban J connectivity index is 2.60. The number of hydrogen-bond donors (Lipinski definition) is 1. The van der Waals surface area contributed by atoms with Gasteiger partial charge in [0.05, 0.1) is 10.3 Å². The topological polar surface area (TPSA) is 93.3 Å². The molecule has 20 heavy (non-hydrogen) atoms. The SMILES string of the molecule is CC(C)(Sc1ccc([N+](=O)[O-])c2ccncc12)C(=O)O. The molecule has 0 aliphatic heterocycles. The summed E-state index contributed by atoms with van der Waals surface area (Å²) >= 11 is 1.14. The zero-order valence-corrected chi connectivity index (χ0v) is 11.7. The number of carboxylic acid groups (broad SMARTS) is 1. The maximum Gasteiger partial charge on any atom is 0.319 e. The highest BCUT2D eigenvalue weighted by molar-refractivity contribution is 8.01. The van der Waals surface area contributed by atoms with Crippen LogP contribution in [-0.2, 0) is 4.79 Å². The van der Waals surface area contributed by atoms with E-state index < -0.39 is 15.6 Å². The van der Waals surface area contributed by atoms with Gasteiger partial charge in [-0.1, -0.05) is 0 Å². The summed E-state index contributed by atoms with van der Waals surface area (Å²) in [6, 6.07) is 4.52. The van der Waals surface area contributed by atoms with Crippen LogP contribution in [0.4, 0.5) is 5.69 Å². The van der Waals surface area contributed by atoms with Crippen molar-refractivity contribution < 1.29 is 14.8 Å². The Morgan fingerprint density at radius 3 is 2.65 bits per heavy atom. The number of pyridine rings is 1. The third-order valence-electron chi connectivity index (χ3n) is 2.83. The molecule has 0 atom stereocenters. The number of nitrogens with zero attached hydrogens (tertiary/aromatic N) is 2. The van der Waals surface area contributed by atoms with Crippen LogP contribution in [0.15, 0.2) is 35.5 Å². The summed E-state index contributed by atoms with van der Waals surface area (Å²) in [5, 5.41) is 21.2. The monoisotopic (exact) mass is 292 g/mol. The predicted molar refractivity (Wildman–Crippen MR) is 76.0 cm³/mol. The molecule has 0 aliphatic carbocycles. The van der Waals surface area contributed by atoms with Gasteiger partial charge in [0.2, 0.25) is 0 Å². The largest absolute Gasteiger partial charge is 0.480 e. The van der Waals surface area contributed by atoms with Crippen molar-refractivity contribution in [2.24, 2.45) is 0 Å². The summed E-state index contributed by atoms with van der Waals surface area (Å²) in [6.45, 7) is 3.17. The van der Waals surface area contributed by atoms with E-state index >= 15 is 0 Å². The van der Waals surface area contributed by atoms with Gasteiger partial charge in [-0.15, -0.1) is 11.8 Å². The normalized spacial score (nSPS) is 11.5. The van der Waals surface area contributed by atoms with Crippen LogP contribution in [-0.4, -0.2) is 25.7 Å². The van der Waals surface area contributed by atoms with Crippen LogP contribution in [0.25, 0.3) is 10.8 Å². The highest BCUT2D eigenvalue weighted by Crippen LogP contribution is 2.39. The summed E-state index contributed by atoms with van der Waals surface area (Å²) in [7, 11) is 0. The number of hydrogen-bond acceptors (Lipinski definition) is 5. The summed E-state index contributed by atoms with van der Waals surface area (Å²) in [4.78, 5) is 26.4. The molecule has 0 amide bonds. The van der Waals surface area contributed by atoms with Crippen LogP contribution in [0.1, 0.15) is 13.8 Å². The Morgan fingerprint density at radius 2 is 2.05 bits per heavy atom. The predicted octanol–water partition coefficient (Wildman–Crippen LogP) is 3.10. The van der Waals surface area contributed by atoms with Gasteiger partial charge in [0, 0.05) is 28.7 Å². The lowest BCUT2D eigenvalue weighted by Gasteiger charge is -2.19. The lowest BCUT2D eigenvalue weighted by molar-refractivity contribution is -0.383. The van der Waals surface area contributed by atoms with Gasteiger partial charge in [0.1, 0.15) is 4.75 Å². The molecule has 1 N–H and O–H groups in total. The Hall–Kier alpha value is -2.15. The fourth-order valence-electron chi connectivity index (χ4n) is 1.72. The number of benzene rings is 1. The number of nitro benzene ring substituents is 1. The van der Waals surface area contributed by atoms with E-state index in [4.69, 9.17) is 0 Å². The molecular formula is C13H12N2O4S. The van der Waals surface area contributed by atoms with Crippen LogP contribution < -0.4 is 0 Å². The zero-order chi connectivity index (χ0) is 14.9. The van der Waals surface area contributed by atoms with Gasteiger partial charge in [-0.2, -0.15) is 0 Å². The van der Waals surface area contributed by atoms with Crippen molar-refractivity contribution in [2.45, 2.75) is 23.5 Å². The van der Waals surface area contributed by atoms with E-state index in [1.54, 1.807) is 26.0 Å². The van der Waals surface area contributed by atoms with Gasteiger partial charge in [-0.25, -0.2) is 0 Å². The quantitative estimate of drug-likeness (QED) is 0.528. The van der Waals surface area contributed by atoms with E-state index in [2.05, 4.69) is 4.98 Å². The van der Waals surface area contributed by atoms with E-state index in [-0.39, 0.29) is 5.69 Å². The van der Waals surface area contributed by atoms with E-state index in [1.807, 2.05) is 0 Å². The number of fused-ring (bicyclic) bond motifs is 1. The van der Waals surface area contributed by atoms with Crippen LogP contribution >= 0.6 is 11.8 Å². The summed E-state index contributed by atoms with van der Waals surface area (Å²) in [6.07, 6.45) is 2.99. The molecule has 0 fully saturated rings. The lowest BCUT2D eigenvalue weighted by Crippen LogP contribution is -2.26. The second-order valence-corrected chi connectivity index (χ2v) is 6.34. The highest BCUT2D eigenvalue weighted by Gasteiger charge is 2.29. The van der Waals surface area contributed by atoms with Gasteiger partial charge < -0.3 is 5.11 Å². The minimum Gasteiger partial charge on any atom is -0.480 e. The van der Waals surface area contributed by atoms with E-state index in [0.717, 1.165) is 11.8 Å². The first-order valence-electron chi connectivity index (χ1n) is 5.76. The molecule has 2 aromatic rings. The number of carboxylic acids is 1. The Kier molecular flexibility index (Phi) is 3.63. The standard InChI is InChI=1S/C13H12N2O4S/c1-13(2,12(16)17)20-11-4-3-10(15(18)19)8-5-6-14-7-9(8)11/h3-7H,1-2H3,(H,16,17). The highest BCUT2D eigenvalue weighted by atomic mass is 32.2. The smallest absolute Gasteiger partial charge is 0.319 e. The molecule has 104 valence electrons. The summed E-state index contributed by atoms with van der Waals surface area (Å²) in [5.41, 5.74) is -0.0140. The molecule has 0 aliphatic rings. The molecule has 1 heterocycles. The van der Waals surface area contributed by atoms with E-state index in [0.29, 0.717) is 15.7 Å². The van der Waals surface area contributed by atoms with Crippen LogP contribution in [0.3, 0.4) is 0 Å². The average Bonchev–Trinajstić information content (AvgIpc) is 2.38. The molecule has 7 heteroatoms. The van der Waals surface area contributed by atoms with E-state index in [1.165, 1.54) is 18.5 Å². The number of nitro groups is 1. The number of rotatable bonds is 4. The van der Waals surface area contributed by atoms with Crippen molar-refractivity contribution in [3.63, 3.8) is 0 Å². The maximum absolute atomic E-state index is 11.2. The van der Waals surface area contributed by atoms with Crippen LogP contribution in [0, 0.1) is 10.1 Å². The number of thioether (sulfide) groups is 1. The Bertz CT molecular complexity index is 700. The minimum absolute atomic E-state index is 0.0140. The third kappa shape index (κ3) is 2.57. The van der Waals surface area contributed by atoms with Crippen LogP contribution in [0.5, 0.6) is 0 Å². The second kappa shape index (κ2) is 5.09. The van der Waals surface area contributed by atoms with Gasteiger partial charge in [0.25, 0.3) is 5.69 Å². The molecule has 0 saturated heterocycles. The first-order chi connectivity index (χ1) is 9.33. The molecule has 1 aromatic heterocycles. The van der Waals surface area contributed by atoms with Gasteiger partial charge >= 0.3 is 5.97 Å². The van der Waals surface area contributed by atoms with Gasteiger partial charge in [0.15, 0.2) is 0 Å². The molecular weight excluding hydrogens is 280 g/mol. The first kappa shape index (κ1) is 14.3. The molecule has 0 radical (unpaired) electrons. The fraction of sp³-hybridized carbons (Fsp3) is 0.231. The molecule has 0 bridgehead atoms. The van der Waals surface area contributed by atoms with Crippen molar-refractivity contribution in [1.29, 1.82) is 0 Å².